The van der Waals surface area contributed by atoms with Crippen molar-refractivity contribution in [2.24, 2.45) is 0 Å². The van der Waals surface area contributed by atoms with Crippen molar-refractivity contribution in [2.45, 2.75) is 77.6 Å². The van der Waals surface area contributed by atoms with Crippen molar-refractivity contribution >= 4 is 5.91 Å². The first kappa shape index (κ1) is 24.9. The Morgan fingerprint density at radius 2 is 1.48 bits per heavy atom. The van der Waals surface area contributed by atoms with E-state index >= 15 is 0 Å². The molecular weight excluding hydrogens is 356 g/mol. The van der Waals surface area contributed by atoms with Crippen molar-refractivity contribution in [2.75, 3.05) is 6.54 Å². The van der Waals surface area contributed by atoms with E-state index in [0.717, 1.165) is 32.2 Å². The highest BCUT2D eigenvalue weighted by molar-refractivity contribution is 5.75. The molecule has 160 valence electrons. The number of carbonyl (C=O) groups excluding carboxylic acids is 1. The summed E-state index contributed by atoms with van der Waals surface area (Å²) < 4.78 is 0. The maximum Gasteiger partial charge on any atom is 0.234 e. The first-order valence-corrected chi connectivity index (χ1v) is 11.4. The Hall–Kier alpha value is -2.13. The van der Waals surface area contributed by atoms with Crippen LogP contribution >= 0.6 is 0 Å². The molecule has 29 heavy (non-hydrogen) atoms. The second kappa shape index (κ2) is 19.2. The summed E-state index contributed by atoms with van der Waals surface area (Å²) >= 11 is 0. The summed E-state index contributed by atoms with van der Waals surface area (Å²) in [7, 11) is 0. The van der Waals surface area contributed by atoms with E-state index in [0.29, 0.717) is 6.42 Å². The Labute approximate surface area is 178 Å². The van der Waals surface area contributed by atoms with Crippen LogP contribution < -0.4 is 10.9 Å². The molecule has 0 saturated heterocycles. The number of hydrazine groups is 1. The normalized spacial score (nSPS) is 11.8. The Balaban J connectivity index is 1.86. The number of hydrogen-bond donors (Lipinski definition) is 2. The molecule has 0 aliphatic heterocycles. The zero-order valence-corrected chi connectivity index (χ0v) is 18.2. The lowest BCUT2D eigenvalue weighted by molar-refractivity contribution is -0.122. The highest BCUT2D eigenvalue weighted by Crippen LogP contribution is 2.07. The van der Waals surface area contributed by atoms with Crippen LogP contribution in [0.3, 0.4) is 0 Å². The number of nitrogens with one attached hydrogen (secondary N) is 2. The Morgan fingerprint density at radius 3 is 2.21 bits per heavy atom. The van der Waals surface area contributed by atoms with E-state index in [1.807, 2.05) is 18.2 Å². The van der Waals surface area contributed by atoms with Gasteiger partial charge in [0, 0.05) is 13.0 Å². The molecular formula is C26H40N2O. The summed E-state index contributed by atoms with van der Waals surface area (Å²) in [5.74, 6) is 0.0940. The van der Waals surface area contributed by atoms with Crippen molar-refractivity contribution in [3.05, 3.63) is 72.4 Å². The summed E-state index contributed by atoms with van der Waals surface area (Å²) in [4.78, 5) is 11.8. The maximum absolute atomic E-state index is 11.8. The standard InChI is InChI=1S/C26H40N2O/c1-2-3-4-5-6-7-8-9-10-11-12-13-14-15-19-22-26(29)28-27-24-23-25-20-17-16-18-21-25/h5-10,16-18,20-21,27H,2-4,11-15,19,22-24H2,1H3,(H,28,29)/b6-5+,8-7+,10-9+. The minimum Gasteiger partial charge on any atom is -0.292 e. The average molecular weight is 397 g/mol. The van der Waals surface area contributed by atoms with Gasteiger partial charge < -0.3 is 0 Å². The summed E-state index contributed by atoms with van der Waals surface area (Å²) in [6, 6.07) is 10.3. The van der Waals surface area contributed by atoms with Gasteiger partial charge in [-0.15, -0.1) is 0 Å². The van der Waals surface area contributed by atoms with Crippen molar-refractivity contribution in [1.82, 2.24) is 10.9 Å². The highest BCUT2D eigenvalue weighted by atomic mass is 16.2. The van der Waals surface area contributed by atoms with E-state index in [4.69, 9.17) is 0 Å². The molecule has 0 unspecified atom stereocenters. The van der Waals surface area contributed by atoms with E-state index in [9.17, 15) is 4.79 Å². The third kappa shape index (κ3) is 16.5. The van der Waals surface area contributed by atoms with Gasteiger partial charge in [0.1, 0.15) is 0 Å². The molecule has 3 nitrogen and oxygen atoms in total. The molecule has 1 aromatic rings. The minimum absolute atomic E-state index is 0.0940. The SMILES string of the molecule is CCCC/C=C/C=C/C=C/CCCCCCCC(=O)NNCCc1ccccc1. The lowest BCUT2D eigenvalue weighted by atomic mass is 10.1. The number of hydrogen-bond acceptors (Lipinski definition) is 2. The van der Waals surface area contributed by atoms with Gasteiger partial charge in [0.05, 0.1) is 0 Å². The van der Waals surface area contributed by atoms with E-state index < -0.39 is 0 Å². The molecule has 0 saturated carbocycles. The lowest BCUT2D eigenvalue weighted by Crippen LogP contribution is -2.38. The van der Waals surface area contributed by atoms with Gasteiger partial charge in [-0.2, -0.15) is 0 Å². The van der Waals surface area contributed by atoms with Crippen molar-refractivity contribution in [1.29, 1.82) is 0 Å². The van der Waals surface area contributed by atoms with Crippen LogP contribution in [0.1, 0.15) is 76.7 Å². The summed E-state index contributed by atoms with van der Waals surface area (Å²) in [5, 5.41) is 0. The average Bonchev–Trinajstić information content (AvgIpc) is 2.75. The molecule has 0 radical (unpaired) electrons. The first-order valence-electron chi connectivity index (χ1n) is 11.4. The first-order chi connectivity index (χ1) is 14.3. The Bertz CT molecular complexity index is 590. The second-order valence-electron chi connectivity index (χ2n) is 7.40. The van der Waals surface area contributed by atoms with Crippen LogP contribution in [-0.4, -0.2) is 12.5 Å². The predicted octanol–water partition coefficient (Wildman–Crippen LogP) is 6.44. The Morgan fingerprint density at radius 1 is 0.828 bits per heavy atom. The van der Waals surface area contributed by atoms with Crippen molar-refractivity contribution in [3.8, 4) is 0 Å². The molecule has 0 atom stereocenters. The fourth-order valence-corrected chi connectivity index (χ4v) is 2.95. The van der Waals surface area contributed by atoms with Gasteiger partial charge in [0.15, 0.2) is 0 Å². The van der Waals surface area contributed by atoms with Gasteiger partial charge in [-0.1, -0.05) is 106 Å². The van der Waals surface area contributed by atoms with E-state index in [2.05, 4.69) is 66.4 Å². The van der Waals surface area contributed by atoms with Crippen LogP contribution in [0.15, 0.2) is 66.8 Å². The van der Waals surface area contributed by atoms with Crippen molar-refractivity contribution in [3.63, 3.8) is 0 Å². The highest BCUT2D eigenvalue weighted by Gasteiger charge is 2.00. The van der Waals surface area contributed by atoms with Gasteiger partial charge >= 0.3 is 0 Å². The molecule has 1 aromatic carbocycles. The number of benzene rings is 1. The third-order valence-corrected chi connectivity index (χ3v) is 4.71. The molecule has 0 bridgehead atoms. The summed E-state index contributed by atoms with van der Waals surface area (Å²) in [6.45, 7) is 2.98. The molecule has 0 heterocycles. The van der Waals surface area contributed by atoms with Crippen LogP contribution in [0.25, 0.3) is 0 Å². The van der Waals surface area contributed by atoms with Gasteiger partial charge in [-0.25, -0.2) is 5.43 Å². The van der Waals surface area contributed by atoms with Crippen molar-refractivity contribution < 1.29 is 4.79 Å². The zero-order valence-electron chi connectivity index (χ0n) is 18.2. The maximum atomic E-state index is 11.8. The van der Waals surface area contributed by atoms with Crippen LogP contribution in [0.2, 0.25) is 0 Å². The zero-order chi connectivity index (χ0) is 20.8. The van der Waals surface area contributed by atoms with Gasteiger partial charge in [-0.3, -0.25) is 10.2 Å². The fourth-order valence-electron chi connectivity index (χ4n) is 2.95. The van der Waals surface area contributed by atoms with E-state index in [-0.39, 0.29) is 5.91 Å². The molecule has 2 N–H and O–H groups in total. The number of carbonyl (C=O) groups is 1. The summed E-state index contributed by atoms with van der Waals surface area (Å²) in [6.07, 6.45) is 25.1. The van der Waals surface area contributed by atoms with Gasteiger partial charge in [-0.05, 0) is 37.7 Å². The summed E-state index contributed by atoms with van der Waals surface area (Å²) in [5.41, 5.74) is 7.09. The molecule has 0 aliphatic rings. The van der Waals surface area contributed by atoms with Crippen LogP contribution in [0, 0.1) is 0 Å². The number of unbranched alkanes of at least 4 members (excludes halogenated alkanes) is 7. The van der Waals surface area contributed by atoms with Gasteiger partial charge in [0.25, 0.3) is 0 Å². The van der Waals surface area contributed by atoms with Gasteiger partial charge in [0.2, 0.25) is 5.91 Å². The predicted molar refractivity (Wildman–Crippen MR) is 126 cm³/mol. The quantitative estimate of drug-likeness (QED) is 0.181. The molecule has 3 heteroatoms. The molecule has 0 fully saturated rings. The van der Waals surface area contributed by atoms with Crippen LogP contribution in [0.5, 0.6) is 0 Å². The Kier molecular flexibility index (Phi) is 16.5. The van der Waals surface area contributed by atoms with Crippen LogP contribution in [0.4, 0.5) is 0 Å². The molecule has 1 rings (SSSR count). The van der Waals surface area contributed by atoms with E-state index in [1.54, 1.807) is 0 Å². The third-order valence-electron chi connectivity index (χ3n) is 4.71. The van der Waals surface area contributed by atoms with Crippen LogP contribution in [-0.2, 0) is 11.2 Å². The number of allylic oxidation sites excluding steroid dienone is 6. The molecule has 0 aliphatic carbocycles. The fraction of sp³-hybridized carbons (Fsp3) is 0.500. The number of rotatable bonds is 17. The minimum atomic E-state index is 0.0940. The largest absolute Gasteiger partial charge is 0.292 e. The number of amides is 1. The topological polar surface area (TPSA) is 41.1 Å². The van der Waals surface area contributed by atoms with E-state index in [1.165, 1.54) is 44.1 Å². The monoisotopic (exact) mass is 396 g/mol. The smallest absolute Gasteiger partial charge is 0.234 e. The molecule has 1 amide bonds. The second-order valence-corrected chi connectivity index (χ2v) is 7.40. The lowest BCUT2D eigenvalue weighted by Gasteiger charge is -2.07. The molecule has 0 spiro atoms. The molecule has 0 aromatic heterocycles.